The molecule has 28 heavy (non-hydrogen) atoms. The van der Waals surface area contributed by atoms with Crippen LogP contribution in [-0.4, -0.2) is 56.3 Å². The molecule has 0 unspecified atom stereocenters. The van der Waals surface area contributed by atoms with Gasteiger partial charge in [-0.3, -0.25) is 9.69 Å². The first-order chi connectivity index (χ1) is 13.6. The Balaban J connectivity index is 1.36. The fourth-order valence-corrected chi connectivity index (χ4v) is 3.90. The molecule has 0 radical (unpaired) electrons. The number of hydrogen-bond donors (Lipinski definition) is 1. The molecule has 1 aromatic carbocycles. The minimum atomic E-state index is -0.636. The monoisotopic (exact) mass is 386 g/mol. The summed E-state index contributed by atoms with van der Waals surface area (Å²) in [5, 5.41) is 3.87. The average molecular weight is 386 g/mol. The van der Waals surface area contributed by atoms with Gasteiger partial charge in [-0.25, -0.2) is 4.79 Å². The van der Waals surface area contributed by atoms with Crippen molar-refractivity contribution >= 4 is 16.9 Å². The third-order valence-electron chi connectivity index (χ3n) is 5.46. The molecular weight excluding hydrogens is 360 g/mol. The van der Waals surface area contributed by atoms with E-state index in [9.17, 15) is 9.59 Å². The lowest BCUT2D eigenvalue weighted by Gasteiger charge is -2.26. The zero-order chi connectivity index (χ0) is 19.5. The molecule has 4 rings (SSSR count). The minimum absolute atomic E-state index is 0.163. The van der Waals surface area contributed by atoms with Gasteiger partial charge in [0.05, 0.1) is 13.2 Å². The number of rotatable bonds is 6. The molecule has 0 saturated carbocycles. The van der Waals surface area contributed by atoms with Gasteiger partial charge in [-0.2, -0.15) is 0 Å². The van der Waals surface area contributed by atoms with Crippen LogP contribution in [0.1, 0.15) is 24.5 Å². The third-order valence-corrected chi connectivity index (χ3v) is 5.46. The number of fused-ring (bicyclic) bond motifs is 3. The molecule has 150 valence electrons. The Bertz CT molecular complexity index is 917. The van der Waals surface area contributed by atoms with Crippen LogP contribution in [0.5, 0.6) is 5.75 Å². The summed E-state index contributed by atoms with van der Waals surface area (Å²) in [6, 6.07) is 5.45. The Kier molecular flexibility index (Phi) is 5.64. The van der Waals surface area contributed by atoms with E-state index in [2.05, 4.69) is 10.2 Å². The van der Waals surface area contributed by atoms with Crippen LogP contribution in [0.2, 0.25) is 0 Å². The zero-order valence-corrected chi connectivity index (χ0v) is 16.2. The predicted molar refractivity (Wildman–Crippen MR) is 105 cm³/mol. The maximum absolute atomic E-state index is 12.3. The molecule has 1 amide bonds. The Morgan fingerprint density at radius 1 is 1.25 bits per heavy atom. The number of amides is 1. The number of benzene rings is 1. The van der Waals surface area contributed by atoms with Crippen molar-refractivity contribution in [2.75, 3.05) is 39.4 Å². The van der Waals surface area contributed by atoms with Crippen molar-refractivity contribution in [3.63, 3.8) is 0 Å². The van der Waals surface area contributed by atoms with Crippen LogP contribution in [0.4, 0.5) is 0 Å². The molecule has 7 nitrogen and oxygen atoms in total. The van der Waals surface area contributed by atoms with Crippen molar-refractivity contribution in [3.8, 4) is 5.75 Å². The normalized spacial score (nSPS) is 18.0. The van der Waals surface area contributed by atoms with E-state index in [1.54, 1.807) is 13.0 Å². The van der Waals surface area contributed by atoms with Crippen molar-refractivity contribution in [1.82, 2.24) is 10.2 Å². The van der Waals surface area contributed by atoms with Gasteiger partial charge in [0, 0.05) is 43.2 Å². The number of nitrogens with one attached hydrogen (secondary N) is 1. The second kappa shape index (κ2) is 8.32. The molecule has 1 saturated heterocycles. The molecule has 2 heterocycles. The second-order valence-corrected chi connectivity index (χ2v) is 7.36. The lowest BCUT2D eigenvalue weighted by Crippen LogP contribution is -2.43. The van der Waals surface area contributed by atoms with E-state index >= 15 is 0 Å². The van der Waals surface area contributed by atoms with E-state index in [1.165, 1.54) is 0 Å². The van der Waals surface area contributed by atoms with Crippen molar-refractivity contribution in [2.24, 2.45) is 0 Å². The number of hydrogen-bond acceptors (Lipinski definition) is 6. The van der Waals surface area contributed by atoms with Crippen LogP contribution in [0, 0.1) is 0 Å². The SMILES string of the molecule is C[C@H](Oc1ccc2c3c(c(=O)oc2c1)CCC3)C(=O)NCCN1CCOCC1. The van der Waals surface area contributed by atoms with Gasteiger partial charge >= 0.3 is 5.63 Å². The Labute approximate surface area is 163 Å². The summed E-state index contributed by atoms with van der Waals surface area (Å²) in [5.41, 5.74) is 2.15. The number of aryl methyl sites for hydroxylation is 1. The molecule has 1 aliphatic carbocycles. The second-order valence-electron chi connectivity index (χ2n) is 7.36. The first-order valence-corrected chi connectivity index (χ1v) is 9.95. The van der Waals surface area contributed by atoms with E-state index < -0.39 is 6.10 Å². The van der Waals surface area contributed by atoms with Crippen LogP contribution in [0.15, 0.2) is 27.4 Å². The van der Waals surface area contributed by atoms with Gasteiger partial charge in [-0.05, 0) is 43.9 Å². The van der Waals surface area contributed by atoms with Crippen molar-refractivity contribution in [2.45, 2.75) is 32.3 Å². The summed E-state index contributed by atoms with van der Waals surface area (Å²) < 4.78 is 16.6. The molecule has 2 aromatic rings. The highest BCUT2D eigenvalue weighted by Crippen LogP contribution is 2.29. The average Bonchev–Trinajstić information content (AvgIpc) is 3.19. The van der Waals surface area contributed by atoms with E-state index in [-0.39, 0.29) is 11.5 Å². The highest BCUT2D eigenvalue weighted by Gasteiger charge is 2.21. The molecule has 0 spiro atoms. The summed E-state index contributed by atoms with van der Waals surface area (Å²) in [6.45, 7) is 6.37. The number of morpholine rings is 1. The predicted octanol–water partition coefficient (Wildman–Crippen LogP) is 1.50. The minimum Gasteiger partial charge on any atom is -0.481 e. The summed E-state index contributed by atoms with van der Waals surface area (Å²) >= 11 is 0. The molecule has 7 heteroatoms. The first kappa shape index (κ1) is 19.0. The standard InChI is InChI=1S/C21H26N2O5/c1-14(20(24)22-7-8-23-9-11-26-12-10-23)27-15-5-6-17-16-3-2-4-18(16)21(25)28-19(17)13-15/h5-6,13-14H,2-4,7-12H2,1H3,(H,22,24)/t14-/m0/s1. The summed E-state index contributed by atoms with van der Waals surface area (Å²) in [4.78, 5) is 26.7. The van der Waals surface area contributed by atoms with Gasteiger partial charge in [-0.1, -0.05) is 0 Å². The van der Waals surface area contributed by atoms with Crippen LogP contribution >= 0.6 is 0 Å². The highest BCUT2D eigenvalue weighted by atomic mass is 16.5. The van der Waals surface area contributed by atoms with Gasteiger partial charge in [0.2, 0.25) is 0 Å². The summed E-state index contributed by atoms with van der Waals surface area (Å²) in [7, 11) is 0. The van der Waals surface area contributed by atoms with Gasteiger partial charge in [-0.15, -0.1) is 0 Å². The molecule has 0 bridgehead atoms. The van der Waals surface area contributed by atoms with E-state index in [1.807, 2.05) is 12.1 Å². The van der Waals surface area contributed by atoms with Gasteiger partial charge in [0.25, 0.3) is 5.91 Å². The number of nitrogens with zero attached hydrogens (tertiary/aromatic N) is 1. The smallest absolute Gasteiger partial charge is 0.339 e. The van der Waals surface area contributed by atoms with Gasteiger partial charge < -0.3 is 19.2 Å². The quantitative estimate of drug-likeness (QED) is 0.758. The lowest BCUT2D eigenvalue weighted by atomic mass is 10.1. The molecule has 1 fully saturated rings. The van der Waals surface area contributed by atoms with E-state index in [0.29, 0.717) is 17.9 Å². The first-order valence-electron chi connectivity index (χ1n) is 9.95. The lowest BCUT2D eigenvalue weighted by molar-refractivity contribution is -0.127. The topological polar surface area (TPSA) is 81.0 Å². The van der Waals surface area contributed by atoms with E-state index in [4.69, 9.17) is 13.9 Å². The zero-order valence-electron chi connectivity index (χ0n) is 16.2. The van der Waals surface area contributed by atoms with E-state index in [0.717, 1.165) is 68.6 Å². The number of carbonyl (C=O) groups excluding carboxylic acids is 1. The Morgan fingerprint density at radius 3 is 2.86 bits per heavy atom. The van der Waals surface area contributed by atoms with Gasteiger partial charge in [0.15, 0.2) is 6.10 Å². The van der Waals surface area contributed by atoms with Gasteiger partial charge in [0.1, 0.15) is 11.3 Å². The van der Waals surface area contributed by atoms with Crippen LogP contribution in [0.3, 0.4) is 0 Å². The molecule has 1 aliphatic heterocycles. The summed E-state index contributed by atoms with van der Waals surface area (Å²) in [5.74, 6) is 0.355. The number of carbonyl (C=O) groups is 1. The van der Waals surface area contributed by atoms with Crippen molar-refractivity contribution < 1.29 is 18.7 Å². The molecule has 1 aromatic heterocycles. The molecule has 1 N–H and O–H groups in total. The number of ether oxygens (including phenoxy) is 2. The van der Waals surface area contributed by atoms with Crippen LogP contribution in [-0.2, 0) is 22.4 Å². The highest BCUT2D eigenvalue weighted by molar-refractivity contribution is 5.84. The Morgan fingerprint density at radius 2 is 2.04 bits per heavy atom. The largest absolute Gasteiger partial charge is 0.481 e. The summed E-state index contributed by atoms with van der Waals surface area (Å²) in [6.07, 6.45) is 2.04. The Hall–Kier alpha value is -2.38. The molecular formula is C21H26N2O5. The fraction of sp³-hybridized carbons (Fsp3) is 0.524. The molecule has 2 aliphatic rings. The molecule has 1 atom stereocenters. The van der Waals surface area contributed by atoms with Crippen molar-refractivity contribution in [3.05, 3.63) is 39.7 Å². The fourth-order valence-electron chi connectivity index (χ4n) is 3.90. The third kappa shape index (κ3) is 4.05. The van der Waals surface area contributed by atoms with Crippen LogP contribution in [0.25, 0.3) is 11.0 Å². The maximum atomic E-state index is 12.3. The maximum Gasteiger partial charge on any atom is 0.339 e. The van der Waals surface area contributed by atoms with Crippen molar-refractivity contribution in [1.29, 1.82) is 0 Å². The van der Waals surface area contributed by atoms with Crippen LogP contribution < -0.4 is 15.7 Å².